The van der Waals surface area contributed by atoms with Gasteiger partial charge >= 0.3 is 0 Å². The van der Waals surface area contributed by atoms with Crippen LogP contribution in [0.1, 0.15) is 20.3 Å². The van der Waals surface area contributed by atoms with Gasteiger partial charge in [0.05, 0.1) is 0 Å². The number of hydrogen-bond donors (Lipinski definition) is 1. The highest BCUT2D eigenvalue weighted by molar-refractivity contribution is 5.86. The van der Waals surface area contributed by atoms with Crippen molar-refractivity contribution in [2.45, 2.75) is 20.3 Å². The molecule has 0 amide bonds. The maximum Gasteiger partial charge on any atom is 0.152 e. The average Bonchev–Trinajstić information content (AvgIpc) is 2.17. The van der Waals surface area contributed by atoms with Gasteiger partial charge in [0, 0.05) is 13.0 Å². The van der Waals surface area contributed by atoms with Crippen molar-refractivity contribution in [3.63, 3.8) is 0 Å². The highest BCUT2D eigenvalue weighted by atomic mass is 16.1. The van der Waals surface area contributed by atoms with Crippen molar-refractivity contribution in [3.05, 3.63) is 12.7 Å². The van der Waals surface area contributed by atoms with Gasteiger partial charge in [-0.1, -0.05) is 6.58 Å². The molecule has 0 rings (SSSR count). The highest BCUT2D eigenvalue weighted by Gasteiger charge is 1.92. The van der Waals surface area contributed by atoms with Crippen LogP contribution in [0.15, 0.2) is 12.7 Å². The second-order valence-electron chi connectivity index (χ2n) is 3.57. The molecular weight excluding hydrogens is 204 g/mol. The minimum Gasteiger partial charge on any atom is -0.323 e. The lowest BCUT2D eigenvalue weighted by molar-refractivity contribution is -0.117. The molecule has 0 fully saturated rings. The zero-order chi connectivity index (χ0) is 13.6. The van der Waals surface area contributed by atoms with Gasteiger partial charge in [0.25, 0.3) is 0 Å². The van der Waals surface area contributed by atoms with E-state index < -0.39 is 0 Å². The van der Waals surface area contributed by atoms with Gasteiger partial charge in [-0.3, -0.25) is 9.59 Å². The van der Waals surface area contributed by atoms with Crippen LogP contribution in [0.3, 0.4) is 0 Å². The maximum atomic E-state index is 10.3. The van der Waals surface area contributed by atoms with E-state index in [4.69, 9.17) is 0 Å². The van der Waals surface area contributed by atoms with Crippen LogP contribution < -0.4 is 5.32 Å². The quantitative estimate of drug-likeness (QED) is 0.735. The molecule has 0 bridgehead atoms. The summed E-state index contributed by atoms with van der Waals surface area (Å²) in [6, 6.07) is 0. The van der Waals surface area contributed by atoms with E-state index in [-0.39, 0.29) is 11.6 Å². The van der Waals surface area contributed by atoms with Crippen LogP contribution >= 0.6 is 0 Å². The summed E-state index contributed by atoms with van der Waals surface area (Å²) in [5.74, 6) is 0.281. The lowest BCUT2D eigenvalue weighted by Gasteiger charge is -2.05. The summed E-state index contributed by atoms with van der Waals surface area (Å²) in [4.78, 5) is 22.0. The normalized spacial score (nSPS) is 8.19. The Hall–Kier alpha value is -1.00. The molecule has 0 aliphatic heterocycles. The van der Waals surface area contributed by atoms with Crippen LogP contribution in [-0.2, 0) is 9.59 Å². The summed E-state index contributed by atoms with van der Waals surface area (Å²) in [6.45, 7) is 7.16. The van der Waals surface area contributed by atoms with Crippen LogP contribution in [0.2, 0.25) is 0 Å². The van der Waals surface area contributed by atoms with Gasteiger partial charge in [-0.25, -0.2) is 0 Å². The molecule has 0 spiro atoms. The Bertz CT molecular complexity index is 189. The Morgan fingerprint density at radius 1 is 1.25 bits per heavy atom. The minimum absolute atomic E-state index is 0.0185. The largest absolute Gasteiger partial charge is 0.323 e. The average molecular weight is 230 g/mol. The van der Waals surface area contributed by atoms with Crippen molar-refractivity contribution in [2.75, 3.05) is 34.7 Å². The molecule has 0 aromatic carbocycles. The summed E-state index contributed by atoms with van der Waals surface area (Å²) >= 11 is 0. The van der Waals surface area contributed by atoms with Crippen molar-refractivity contribution < 1.29 is 9.59 Å². The van der Waals surface area contributed by atoms with E-state index in [1.54, 1.807) is 6.92 Å². The molecule has 0 aromatic heterocycles. The number of nitrogens with zero attached hydrogens (tertiary/aromatic N) is 1. The van der Waals surface area contributed by atoms with Crippen molar-refractivity contribution in [3.8, 4) is 0 Å². The van der Waals surface area contributed by atoms with Gasteiger partial charge in [-0.05, 0) is 48.1 Å². The third-order valence-corrected chi connectivity index (χ3v) is 1.20. The molecule has 0 saturated carbocycles. The number of hydrogen-bond acceptors (Lipinski definition) is 4. The van der Waals surface area contributed by atoms with E-state index >= 15 is 0 Å². The summed E-state index contributed by atoms with van der Waals surface area (Å²) in [5.41, 5.74) is 0. The molecule has 4 nitrogen and oxygen atoms in total. The number of rotatable bonds is 4. The van der Waals surface area contributed by atoms with Crippen molar-refractivity contribution >= 4 is 11.6 Å². The van der Waals surface area contributed by atoms with Gasteiger partial charge in [0.1, 0.15) is 5.78 Å². The first-order chi connectivity index (χ1) is 7.31. The van der Waals surface area contributed by atoms with Crippen molar-refractivity contribution in [2.24, 2.45) is 0 Å². The molecule has 0 radical (unpaired) electrons. The Morgan fingerprint density at radius 2 is 1.56 bits per heavy atom. The molecule has 0 heterocycles. The van der Waals surface area contributed by atoms with Crippen LogP contribution in [0.4, 0.5) is 0 Å². The molecule has 0 aromatic rings. The van der Waals surface area contributed by atoms with Gasteiger partial charge in [0.2, 0.25) is 0 Å². The Balaban J connectivity index is -0.000000181. The summed E-state index contributed by atoms with van der Waals surface area (Å²) in [7, 11) is 7.67. The zero-order valence-corrected chi connectivity index (χ0v) is 11.5. The monoisotopic (exact) mass is 230 g/mol. The van der Waals surface area contributed by atoms with Gasteiger partial charge in [0.15, 0.2) is 5.78 Å². The first-order valence-corrected chi connectivity index (χ1v) is 5.17. The van der Waals surface area contributed by atoms with E-state index in [1.807, 2.05) is 33.1 Å². The van der Waals surface area contributed by atoms with Crippen LogP contribution in [-0.4, -0.2) is 51.2 Å². The number of nitrogens with one attached hydrogen (secondary N) is 1. The number of allylic oxidation sites excluding steroid dienone is 1. The van der Waals surface area contributed by atoms with Crippen LogP contribution in [0.25, 0.3) is 0 Å². The number of carbonyl (C=O) groups is 2. The summed E-state index contributed by atoms with van der Waals surface area (Å²) < 4.78 is 0. The number of carbonyl (C=O) groups excluding carboxylic acids is 2. The van der Waals surface area contributed by atoms with Gasteiger partial charge in [-0.2, -0.15) is 0 Å². The molecular formula is C12H26N2O2. The molecule has 96 valence electrons. The molecule has 0 saturated heterocycles. The summed E-state index contributed by atoms with van der Waals surface area (Å²) in [6.07, 6.45) is 1.95. The minimum atomic E-state index is 0.0185. The van der Waals surface area contributed by atoms with E-state index in [1.165, 1.54) is 13.0 Å². The molecule has 1 N–H and O–H groups in total. The lowest BCUT2D eigenvalue weighted by Crippen LogP contribution is -2.15. The second kappa shape index (κ2) is 16.4. The number of ketones is 2. The summed E-state index contributed by atoms with van der Waals surface area (Å²) in [5, 5.41) is 2.75. The predicted molar refractivity (Wildman–Crippen MR) is 69.7 cm³/mol. The standard InChI is InChI=1S/C6H13NO.C4H6O.C2H7N/c1-6(8)4-5-7(2)3;1-3-4(2)5;1-3-2/h4-5H2,1-3H3;3H,1H2,2H3;3H,1-2H3. The first kappa shape index (κ1) is 20.4. The Kier molecular flexibility index (Phi) is 21.0. The highest BCUT2D eigenvalue weighted by Crippen LogP contribution is 1.82. The van der Waals surface area contributed by atoms with E-state index in [0.29, 0.717) is 6.42 Å². The molecule has 0 unspecified atom stereocenters. The fourth-order valence-corrected chi connectivity index (χ4v) is 0.381. The van der Waals surface area contributed by atoms with Gasteiger partial charge in [-0.15, -0.1) is 0 Å². The fourth-order valence-electron chi connectivity index (χ4n) is 0.381. The zero-order valence-electron chi connectivity index (χ0n) is 11.5. The topological polar surface area (TPSA) is 49.4 Å². The Morgan fingerprint density at radius 3 is 1.62 bits per heavy atom. The third-order valence-electron chi connectivity index (χ3n) is 1.20. The smallest absolute Gasteiger partial charge is 0.152 e. The van der Waals surface area contributed by atoms with Crippen LogP contribution in [0.5, 0.6) is 0 Å². The molecule has 16 heavy (non-hydrogen) atoms. The third kappa shape index (κ3) is 52.0. The van der Waals surface area contributed by atoms with E-state index in [2.05, 4.69) is 11.9 Å². The lowest BCUT2D eigenvalue weighted by atomic mass is 10.3. The van der Waals surface area contributed by atoms with Crippen molar-refractivity contribution in [1.29, 1.82) is 0 Å². The van der Waals surface area contributed by atoms with Gasteiger partial charge < -0.3 is 10.2 Å². The number of Topliss-reactive ketones (excluding diaryl/α,β-unsaturated/α-hetero) is 1. The predicted octanol–water partition coefficient (Wildman–Crippen LogP) is 1.12. The maximum absolute atomic E-state index is 10.3. The molecule has 0 atom stereocenters. The SMILES string of the molecule is C=CC(C)=O.CC(=O)CCN(C)C.CNC. The fraction of sp³-hybridized carbons (Fsp3) is 0.667. The molecule has 0 aliphatic carbocycles. The second-order valence-corrected chi connectivity index (χ2v) is 3.57. The van der Waals surface area contributed by atoms with E-state index in [0.717, 1.165) is 6.54 Å². The molecule has 4 heteroatoms. The van der Waals surface area contributed by atoms with Crippen LogP contribution in [0, 0.1) is 0 Å². The van der Waals surface area contributed by atoms with Crippen molar-refractivity contribution in [1.82, 2.24) is 10.2 Å². The van der Waals surface area contributed by atoms with E-state index in [9.17, 15) is 9.59 Å². The Labute approximate surface area is 99.7 Å². The molecule has 0 aliphatic rings. The first-order valence-electron chi connectivity index (χ1n) is 5.17.